The summed E-state index contributed by atoms with van der Waals surface area (Å²) in [6, 6.07) is 16.7. The van der Waals surface area contributed by atoms with Crippen LogP contribution in [0.25, 0.3) is 22.4 Å². The van der Waals surface area contributed by atoms with E-state index < -0.39 is 0 Å². The van der Waals surface area contributed by atoms with Gasteiger partial charge in [0.25, 0.3) is 0 Å². The Morgan fingerprint density at radius 3 is 1.77 bits per heavy atom. The molecule has 5 heteroatoms. The molecule has 0 N–H and O–H groups in total. The molecule has 44 heavy (non-hydrogen) atoms. The summed E-state index contributed by atoms with van der Waals surface area (Å²) < 4.78 is 11.0. The first kappa shape index (κ1) is 31.9. The minimum Gasteiger partial charge on any atom is -0.407 e. The van der Waals surface area contributed by atoms with Crippen molar-refractivity contribution in [2.45, 2.75) is 11.8 Å². The average molecular weight is 600 g/mol. The zero-order valence-corrected chi connectivity index (χ0v) is 24.3. The van der Waals surface area contributed by atoms with Crippen LogP contribution >= 0.6 is 23.2 Å². The van der Waals surface area contributed by atoms with Gasteiger partial charge < -0.3 is 9.47 Å². The standard InChI is InChI=1S/C39H15Cl2NO2/c1-3-5-7-9-11-13-15-17-25-43-34-22-19-21-33(29-34)35-27-32(30-40)28-36(37(35)31-41)38-23-20-24-39(42-38)44-26-18-16-14-12-10-8-6-4-2/h1-2,19-24,27-29H,30-31H2. The Labute approximate surface area is 268 Å². The molecule has 0 aliphatic heterocycles. The SMILES string of the molecule is C#CC#CC#CC#CC#COc1cccc(-c2cc(CCl)cc(-c3cccc(OC#CC#CC#CC#CC#C)n3)c2CCl)c1. The number of alkyl halides is 2. The van der Waals surface area contributed by atoms with Crippen molar-refractivity contribution < 1.29 is 9.47 Å². The highest BCUT2D eigenvalue weighted by Crippen LogP contribution is 2.36. The number of benzene rings is 2. The molecule has 202 valence electrons. The highest BCUT2D eigenvalue weighted by atomic mass is 35.5. The van der Waals surface area contributed by atoms with Crippen molar-refractivity contribution in [3.8, 4) is 154 Å². The normalized spacial score (nSPS) is 7.82. The number of hydrogen-bond donors (Lipinski definition) is 0. The molecule has 0 atom stereocenters. The summed E-state index contributed by atoms with van der Waals surface area (Å²) in [6.07, 6.45) is 15.1. The van der Waals surface area contributed by atoms with Gasteiger partial charge in [0.1, 0.15) is 18.0 Å². The van der Waals surface area contributed by atoms with Gasteiger partial charge in [0, 0.05) is 70.8 Å². The quantitative estimate of drug-likeness (QED) is 0.263. The maximum atomic E-state index is 6.50. The van der Waals surface area contributed by atoms with E-state index in [0.717, 1.165) is 27.8 Å². The first-order valence-corrected chi connectivity index (χ1v) is 13.4. The maximum Gasteiger partial charge on any atom is 0.231 e. The molecular weight excluding hydrogens is 585 g/mol. The molecule has 3 aromatic rings. The number of nitrogens with zero attached hydrogens (tertiary/aromatic N) is 1. The molecule has 1 aromatic heterocycles. The molecule has 0 unspecified atom stereocenters. The number of halogens is 2. The molecule has 0 aliphatic rings. The zero-order chi connectivity index (χ0) is 31.2. The van der Waals surface area contributed by atoms with Crippen LogP contribution in [-0.2, 0) is 11.8 Å². The molecule has 2 aromatic carbocycles. The molecule has 0 amide bonds. The number of hydrogen-bond acceptors (Lipinski definition) is 3. The van der Waals surface area contributed by atoms with Crippen LogP contribution < -0.4 is 9.47 Å². The van der Waals surface area contributed by atoms with E-state index >= 15 is 0 Å². The number of aromatic nitrogens is 1. The zero-order valence-electron chi connectivity index (χ0n) is 22.8. The number of ether oxygens (including phenoxy) is 2. The number of rotatable bonds is 6. The summed E-state index contributed by atoms with van der Waals surface area (Å²) in [6.45, 7) is 0. The van der Waals surface area contributed by atoms with Gasteiger partial charge in [-0.05, 0) is 99.9 Å². The highest BCUT2D eigenvalue weighted by molar-refractivity contribution is 6.18. The van der Waals surface area contributed by atoms with E-state index in [2.05, 4.69) is 112 Å². The Bertz CT molecular complexity index is 2020. The van der Waals surface area contributed by atoms with Gasteiger partial charge in [-0.1, -0.05) is 18.2 Å². The van der Waals surface area contributed by atoms with Gasteiger partial charge >= 0.3 is 0 Å². The second-order valence-corrected chi connectivity index (χ2v) is 8.31. The van der Waals surface area contributed by atoms with E-state index in [0.29, 0.717) is 11.4 Å². The fraction of sp³-hybridized carbons (Fsp3) is 0.0513. The molecule has 0 bridgehead atoms. The lowest BCUT2D eigenvalue weighted by molar-refractivity contribution is 0.499. The van der Waals surface area contributed by atoms with Crippen LogP contribution in [0, 0.1) is 120 Å². The Kier molecular flexibility index (Phi) is 13.5. The fourth-order valence-corrected chi connectivity index (χ4v) is 3.83. The van der Waals surface area contributed by atoms with Crippen LogP contribution in [0.3, 0.4) is 0 Å². The fourth-order valence-electron chi connectivity index (χ4n) is 3.39. The molecule has 0 saturated carbocycles. The summed E-state index contributed by atoms with van der Waals surface area (Å²) in [7, 11) is 0. The maximum absolute atomic E-state index is 6.50. The van der Waals surface area contributed by atoms with Gasteiger partial charge in [0.15, 0.2) is 0 Å². The van der Waals surface area contributed by atoms with Gasteiger partial charge in [-0.3, -0.25) is 0 Å². The first-order chi connectivity index (χ1) is 21.7. The average Bonchev–Trinajstić information content (AvgIpc) is 3.06. The lowest BCUT2D eigenvalue weighted by atomic mass is 9.92. The predicted molar refractivity (Wildman–Crippen MR) is 175 cm³/mol. The second kappa shape index (κ2) is 18.7. The number of pyridine rings is 1. The molecule has 0 radical (unpaired) electrons. The molecule has 3 rings (SSSR count). The first-order valence-electron chi connectivity index (χ1n) is 12.3. The third-order valence-electron chi connectivity index (χ3n) is 5.06. The summed E-state index contributed by atoms with van der Waals surface area (Å²) in [5.74, 6) is 40.5. The van der Waals surface area contributed by atoms with Gasteiger partial charge in [0.2, 0.25) is 5.88 Å². The summed E-state index contributed by atoms with van der Waals surface area (Å²) in [5, 5.41) is 0. The van der Waals surface area contributed by atoms with Gasteiger partial charge in [0.05, 0.1) is 5.69 Å². The van der Waals surface area contributed by atoms with Crippen molar-refractivity contribution in [1.82, 2.24) is 4.98 Å². The van der Waals surface area contributed by atoms with Crippen LogP contribution in [0.5, 0.6) is 11.6 Å². The minimum atomic E-state index is 0.204. The van der Waals surface area contributed by atoms with Gasteiger partial charge in [-0.15, -0.1) is 36.0 Å². The lowest BCUT2D eigenvalue weighted by Gasteiger charge is -2.16. The summed E-state index contributed by atoms with van der Waals surface area (Å²) >= 11 is 12.8. The minimum absolute atomic E-state index is 0.204. The Morgan fingerprint density at radius 2 is 1.16 bits per heavy atom. The summed E-state index contributed by atoms with van der Waals surface area (Å²) in [5.41, 5.74) is 4.85. The number of terminal acetylenes is 2. The molecule has 0 aliphatic carbocycles. The summed E-state index contributed by atoms with van der Waals surface area (Å²) in [4.78, 5) is 4.61. The topological polar surface area (TPSA) is 31.4 Å². The van der Waals surface area contributed by atoms with Crippen molar-refractivity contribution in [2.75, 3.05) is 0 Å². The van der Waals surface area contributed by atoms with E-state index in [4.69, 9.17) is 45.5 Å². The van der Waals surface area contributed by atoms with Gasteiger partial charge in [-0.25, -0.2) is 4.98 Å². The van der Waals surface area contributed by atoms with Crippen LogP contribution in [0.2, 0.25) is 0 Å². The molecule has 0 spiro atoms. The van der Waals surface area contributed by atoms with Crippen molar-refractivity contribution in [2.24, 2.45) is 0 Å². The Hall–Kier alpha value is -6.63. The molecule has 0 fully saturated rings. The van der Waals surface area contributed by atoms with Crippen molar-refractivity contribution in [3.05, 3.63) is 65.7 Å². The molecule has 3 nitrogen and oxygen atoms in total. The van der Waals surface area contributed by atoms with E-state index in [1.807, 2.05) is 36.4 Å². The highest BCUT2D eigenvalue weighted by Gasteiger charge is 2.15. The third-order valence-corrected chi connectivity index (χ3v) is 5.64. The van der Waals surface area contributed by atoms with Crippen LogP contribution in [-0.4, -0.2) is 4.98 Å². The lowest BCUT2D eigenvalue weighted by Crippen LogP contribution is -1.97. The third kappa shape index (κ3) is 10.4. The Morgan fingerprint density at radius 1 is 0.591 bits per heavy atom. The molecule has 0 saturated heterocycles. The molecular formula is C39H15Cl2NO2. The van der Waals surface area contributed by atoms with Crippen molar-refractivity contribution in [3.63, 3.8) is 0 Å². The largest absolute Gasteiger partial charge is 0.407 e. The van der Waals surface area contributed by atoms with E-state index in [1.54, 1.807) is 18.2 Å². The smallest absolute Gasteiger partial charge is 0.231 e. The van der Waals surface area contributed by atoms with E-state index in [9.17, 15) is 0 Å². The van der Waals surface area contributed by atoms with E-state index in [1.165, 1.54) is 0 Å². The Balaban J connectivity index is 1.89. The van der Waals surface area contributed by atoms with Crippen molar-refractivity contribution in [1.29, 1.82) is 0 Å². The van der Waals surface area contributed by atoms with Gasteiger partial charge in [-0.2, -0.15) is 0 Å². The van der Waals surface area contributed by atoms with E-state index in [-0.39, 0.29) is 17.6 Å². The monoisotopic (exact) mass is 599 g/mol. The predicted octanol–water partition coefficient (Wildman–Crippen LogP) is 5.86. The second-order valence-electron chi connectivity index (χ2n) is 7.77. The molecule has 1 heterocycles. The van der Waals surface area contributed by atoms with Crippen LogP contribution in [0.15, 0.2) is 54.6 Å². The van der Waals surface area contributed by atoms with Crippen LogP contribution in [0.1, 0.15) is 11.1 Å². The van der Waals surface area contributed by atoms with Crippen LogP contribution in [0.4, 0.5) is 0 Å². The van der Waals surface area contributed by atoms with Crippen molar-refractivity contribution >= 4 is 23.2 Å².